The van der Waals surface area contributed by atoms with Crippen molar-refractivity contribution in [2.45, 2.75) is 45.1 Å². The van der Waals surface area contributed by atoms with Gasteiger partial charge in [-0.05, 0) is 109 Å². The lowest BCUT2D eigenvalue weighted by atomic mass is 9.82. The van der Waals surface area contributed by atoms with Crippen molar-refractivity contribution in [2.24, 2.45) is 0 Å². The highest BCUT2D eigenvalue weighted by atomic mass is 35.5. The molecule has 54 heavy (non-hydrogen) atoms. The number of anilines is 2. The molecule has 0 spiro atoms. The number of carbonyl (C=O) groups excluding carboxylic acids is 1. The van der Waals surface area contributed by atoms with E-state index in [0.717, 1.165) is 70.7 Å². The smallest absolute Gasteiger partial charge is 0.341 e. The van der Waals surface area contributed by atoms with Crippen LogP contribution >= 0.6 is 46.4 Å². The third kappa shape index (κ3) is 6.95. The molecule has 0 saturated carbocycles. The van der Waals surface area contributed by atoms with Gasteiger partial charge in [0.05, 0.1) is 25.7 Å². The van der Waals surface area contributed by atoms with Crippen LogP contribution in [0.1, 0.15) is 75.0 Å². The van der Waals surface area contributed by atoms with Crippen LogP contribution in [0, 0.1) is 13.8 Å². The second kappa shape index (κ2) is 15.2. The first-order valence-electron chi connectivity index (χ1n) is 18.5. The normalized spacial score (nSPS) is 17.0. The van der Waals surface area contributed by atoms with E-state index in [1.165, 1.54) is 37.1 Å². The summed E-state index contributed by atoms with van der Waals surface area (Å²) in [5.74, 6) is -0.636. The number of esters is 1. The lowest BCUT2D eigenvalue weighted by Gasteiger charge is -2.27. The third-order valence-electron chi connectivity index (χ3n) is 10.9. The first-order chi connectivity index (χ1) is 26.1. The quantitative estimate of drug-likeness (QED) is 0.0890. The van der Waals surface area contributed by atoms with Gasteiger partial charge in [0.15, 0.2) is 5.60 Å². The van der Waals surface area contributed by atoms with Crippen molar-refractivity contribution in [3.05, 3.63) is 174 Å². The van der Waals surface area contributed by atoms with Crippen LogP contribution in [0.4, 0.5) is 11.4 Å². The highest BCUT2D eigenvalue weighted by molar-refractivity contribution is 6.53. The average molecular weight is 795 g/mol. The van der Waals surface area contributed by atoms with E-state index in [9.17, 15) is 4.79 Å². The summed E-state index contributed by atoms with van der Waals surface area (Å²) in [6.07, 6.45) is 8.75. The minimum absolute atomic E-state index is 0.00782. The standard InChI is InChI=1S/C46H40Cl4N2O2/c1-29-7-11-31(12-8-29)37(33-15-19-35(20-16-33)51-23-3-4-24-51)27-46(40-39(45(53)54-46)41(47)43(49)44(50)42(40)48)28-38(32-13-9-30(2)10-14-32)34-17-21-36(22-18-34)52-25-5-6-26-52/h7-22,27-28H,3-6,23-26H2,1-2H3/b37-27+,38-28+. The molecule has 3 aliphatic heterocycles. The van der Waals surface area contributed by atoms with Crippen LogP contribution in [0.25, 0.3) is 11.1 Å². The van der Waals surface area contributed by atoms with Crippen LogP contribution in [0.15, 0.2) is 109 Å². The maximum atomic E-state index is 14.2. The predicted octanol–water partition coefficient (Wildman–Crippen LogP) is 12.7. The Balaban J connectivity index is 1.40. The van der Waals surface area contributed by atoms with Gasteiger partial charge >= 0.3 is 5.97 Å². The van der Waals surface area contributed by atoms with Gasteiger partial charge in [-0.15, -0.1) is 0 Å². The molecule has 5 aromatic rings. The van der Waals surface area contributed by atoms with E-state index in [4.69, 9.17) is 51.1 Å². The molecule has 0 N–H and O–H groups in total. The Morgan fingerprint density at radius 3 is 1.28 bits per heavy atom. The van der Waals surface area contributed by atoms with E-state index >= 15 is 0 Å². The molecule has 3 heterocycles. The summed E-state index contributed by atoms with van der Waals surface area (Å²) in [6.45, 7) is 8.31. The molecule has 0 atom stereocenters. The number of rotatable bonds is 8. The molecular formula is C46H40Cl4N2O2. The number of hydrogen-bond donors (Lipinski definition) is 0. The first kappa shape index (κ1) is 36.8. The van der Waals surface area contributed by atoms with Gasteiger partial charge in [-0.3, -0.25) is 0 Å². The summed E-state index contributed by atoms with van der Waals surface area (Å²) in [7, 11) is 0. The Labute approximate surface area is 337 Å². The van der Waals surface area contributed by atoms with Crippen molar-refractivity contribution < 1.29 is 9.53 Å². The highest BCUT2D eigenvalue weighted by Crippen LogP contribution is 2.53. The molecule has 5 aromatic carbocycles. The SMILES string of the molecule is Cc1ccc(/C(=C\C2(/C=C(\c3ccc(C)cc3)c3ccc(N4CCCC4)cc3)OC(=O)c3c(Cl)c(Cl)c(Cl)c(Cl)c32)c2ccc(N3CCCC3)cc2)cc1. The van der Waals surface area contributed by atoms with Gasteiger partial charge in [-0.1, -0.05) is 130 Å². The number of benzene rings is 5. The van der Waals surface area contributed by atoms with Crippen LogP contribution in [-0.2, 0) is 10.3 Å². The third-order valence-corrected chi connectivity index (χ3v) is 12.7. The molecule has 0 radical (unpaired) electrons. The van der Waals surface area contributed by atoms with Crippen molar-refractivity contribution in [2.75, 3.05) is 36.0 Å². The summed E-state index contributed by atoms with van der Waals surface area (Å²) in [5, 5.41) is 0.189. The number of fused-ring (bicyclic) bond motifs is 1. The van der Waals surface area contributed by atoms with Gasteiger partial charge in [-0.25, -0.2) is 4.79 Å². The van der Waals surface area contributed by atoms with Crippen molar-refractivity contribution in [1.29, 1.82) is 0 Å². The van der Waals surface area contributed by atoms with Crippen LogP contribution in [0.5, 0.6) is 0 Å². The Morgan fingerprint density at radius 1 is 0.537 bits per heavy atom. The summed E-state index contributed by atoms with van der Waals surface area (Å²) in [5.41, 5.74) is 9.02. The van der Waals surface area contributed by atoms with Gasteiger partial charge in [0.1, 0.15) is 0 Å². The first-order valence-corrected chi connectivity index (χ1v) is 20.0. The molecule has 4 nitrogen and oxygen atoms in total. The van der Waals surface area contributed by atoms with Crippen molar-refractivity contribution in [3.8, 4) is 0 Å². The van der Waals surface area contributed by atoms with Crippen LogP contribution < -0.4 is 9.80 Å². The molecule has 0 amide bonds. The van der Waals surface area contributed by atoms with Crippen molar-refractivity contribution in [3.63, 3.8) is 0 Å². The van der Waals surface area contributed by atoms with Gasteiger partial charge in [0.2, 0.25) is 0 Å². The van der Waals surface area contributed by atoms with Gasteiger partial charge in [-0.2, -0.15) is 0 Å². The Morgan fingerprint density at radius 2 is 0.889 bits per heavy atom. The number of nitrogens with zero attached hydrogens (tertiary/aromatic N) is 2. The molecule has 0 bridgehead atoms. The molecule has 0 aromatic heterocycles. The molecule has 274 valence electrons. The predicted molar refractivity (Wildman–Crippen MR) is 226 cm³/mol. The van der Waals surface area contributed by atoms with E-state index < -0.39 is 11.6 Å². The fourth-order valence-corrected chi connectivity index (χ4v) is 8.98. The molecular weight excluding hydrogens is 754 g/mol. The molecule has 0 unspecified atom stereocenters. The fourth-order valence-electron chi connectivity index (χ4n) is 7.91. The van der Waals surface area contributed by atoms with E-state index in [1.807, 2.05) is 12.2 Å². The summed E-state index contributed by atoms with van der Waals surface area (Å²) < 4.78 is 6.60. The van der Waals surface area contributed by atoms with Gasteiger partial charge < -0.3 is 14.5 Å². The molecule has 0 aliphatic carbocycles. The van der Waals surface area contributed by atoms with E-state index in [1.54, 1.807) is 0 Å². The number of halogens is 4. The van der Waals surface area contributed by atoms with Gasteiger partial charge in [0, 0.05) is 43.1 Å². The van der Waals surface area contributed by atoms with Crippen molar-refractivity contribution >= 4 is 74.9 Å². The van der Waals surface area contributed by atoms with Crippen molar-refractivity contribution in [1.82, 2.24) is 0 Å². The Hall–Kier alpha value is -4.19. The molecule has 2 saturated heterocycles. The molecule has 3 aliphatic rings. The van der Waals surface area contributed by atoms with E-state index in [2.05, 4.69) is 121 Å². The summed E-state index contributed by atoms with van der Waals surface area (Å²) in [4.78, 5) is 19.0. The average Bonchev–Trinajstić information content (AvgIpc) is 3.98. The highest BCUT2D eigenvalue weighted by Gasteiger charge is 2.48. The lowest BCUT2D eigenvalue weighted by molar-refractivity contribution is 0.0300. The minimum Gasteiger partial charge on any atom is -0.442 e. The zero-order chi connectivity index (χ0) is 37.6. The summed E-state index contributed by atoms with van der Waals surface area (Å²) >= 11 is 27.4. The topological polar surface area (TPSA) is 32.8 Å². The number of ether oxygens (including phenoxy) is 1. The maximum absolute atomic E-state index is 14.2. The Kier molecular flexibility index (Phi) is 10.3. The van der Waals surface area contributed by atoms with Crippen LogP contribution in [-0.4, -0.2) is 32.1 Å². The second-order valence-corrected chi connectivity index (χ2v) is 16.0. The van der Waals surface area contributed by atoms with Crippen LogP contribution in [0.2, 0.25) is 20.1 Å². The van der Waals surface area contributed by atoms with Crippen LogP contribution in [0.3, 0.4) is 0 Å². The molecule has 2 fully saturated rings. The minimum atomic E-state index is -1.55. The second-order valence-electron chi connectivity index (χ2n) is 14.5. The van der Waals surface area contributed by atoms with E-state index in [0.29, 0.717) is 5.56 Å². The zero-order valence-corrected chi connectivity index (χ0v) is 33.3. The number of aryl methyl sites for hydroxylation is 2. The number of carbonyl (C=O) groups is 1. The Bertz CT molecular complexity index is 2150. The summed E-state index contributed by atoms with van der Waals surface area (Å²) in [6, 6.07) is 33.9. The lowest BCUT2D eigenvalue weighted by Crippen LogP contribution is -2.23. The molecule has 8 rings (SSSR count). The fraction of sp³-hybridized carbons (Fsp3) is 0.239. The largest absolute Gasteiger partial charge is 0.442 e. The monoisotopic (exact) mass is 792 g/mol. The van der Waals surface area contributed by atoms with E-state index in [-0.39, 0.29) is 25.7 Å². The maximum Gasteiger partial charge on any atom is 0.341 e. The molecule has 8 heteroatoms. The number of hydrogen-bond acceptors (Lipinski definition) is 4. The zero-order valence-electron chi connectivity index (χ0n) is 30.3. The van der Waals surface area contributed by atoms with Gasteiger partial charge in [0.25, 0.3) is 0 Å². The number of cyclic esters (lactones) is 1.